The molecule has 1 aromatic carbocycles. The van der Waals surface area contributed by atoms with Crippen LogP contribution in [-0.4, -0.2) is 10.1 Å². The maximum Gasteiger partial charge on any atom is 0.312 e. The van der Waals surface area contributed by atoms with Gasteiger partial charge in [-0.3, -0.25) is 4.79 Å². The first kappa shape index (κ1) is 13.0. The number of halogens is 1. The monoisotopic (exact) mass is 328 g/mol. The molecule has 0 aliphatic heterocycles. The summed E-state index contributed by atoms with van der Waals surface area (Å²) in [5.74, 6) is 2.06. The van der Waals surface area contributed by atoms with E-state index in [1.54, 1.807) is 0 Å². The van der Waals surface area contributed by atoms with Crippen molar-refractivity contribution in [3.8, 4) is 12.3 Å². The van der Waals surface area contributed by atoms with Gasteiger partial charge in [0.2, 0.25) is 4.11 Å². The number of carbonyl (C=O) groups is 1. The molecule has 2 nitrogen and oxygen atoms in total. The van der Waals surface area contributed by atoms with Crippen LogP contribution in [0.3, 0.4) is 0 Å². The van der Waals surface area contributed by atoms with E-state index in [-0.39, 0.29) is 12.4 Å². The van der Waals surface area contributed by atoms with Crippen molar-refractivity contribution in [3.63, 3.8) is 0 Å². The molecule has 84 valence electrons. The Labute approximate surface area is 110 Å². The van der Waals surface area contributed by atoms with Gasteiger partial charge in [-0.05, 0) is 47.6 Å². The van der Waals surface area contributed by atoms with Crippen LogP contribution in [0.5, 0.6) is 0 Å². The zero-order valence-electron chi connectivity index (χ0n) is 9.29. The summed E-state index contributed by atoms with van der Waals surface area (Å²) in [4.78, 5) is 11.5. The van der Waals surface area contributed by atoms with Crippen LogP contribution in [0.4, 0.5) is 0 Å². The number of ether oxygens (including phenoxy) is 1. The highest BCUT2D eigenvalue weighted by Gasteiger charge is 2.10. The Kier molecular flexibility index (Phi) is 4.81. The molecule has 0 aliphatic carbocycles. The first-order valence-corrected chi connectivity index (χ1v) is 6.13. The van der Waals surface area contributed by atoms with Crippen LogP contribution in [0.25, 0.3) is 0 Å². The van der Waals surface area contributed by atoms with Crippen molar-refractivity contribution in [2.24, 2.45) is 0 Å². The summed E-state index contributed by atoms with van der Waals surface area (Å²) in [6.45, 7) is 4.01. The SMILES string of the molecule is C#CC(I)OC(=O)Cc1ccc(C)cc1C. The Bertz CT molecular complexity index is 432. The fourth-order valence-corrected chi connectivity index (χ4v) is 1.67. The smallest absolute Gasteiger partial charge is 0.312 e. The van der Waals surface area contributed by atoms with Gasteiger partial charge in [0.05, 0.1) is 6.42 Å². The van der Waals surface area contributed by atoms with Gasteiger partial charge < -0.3 is 4.74 Å². The number of hydrogen-bond donors (Lipinski definition) is 0. The Balaban J connectivity index is 2.67. The molecule has 0 saturated heterocycles. The minimum atomic E-state index is -0.490. The number of esters is 1. The highest BCUT2D eigenvalue weighted by Crippen LogP contribution is 2.12. The van der Waals surface area contributed by atoms with E-state index < -0.39 is 4.11 Å². The molecule has 0 heterocycles. The second kappa shape index (κ2) is 5.90. The molecule has 0 radical (unpaired) electrons. The minimum absolute atomic E-state index is 0.271. The van der Waals surface area contributed by atoms with E-state index in [1.165, 1.54) is 5.56 Å². The largest absolute Gasteiger partial charge is 0.439 e. The molecule has 0 saturated carbocycles. The van der Waals surface area contributed by atoms with Crippen LogP contribution in [-0.2, 0) is 16.0 Å². The van der Waals surface area contributed by atoms with Gasteiger partial charge in [-0.1, -0.05) is 29.7 Å². The van der Waals surface area contributed by atoms with Crippen molar-refractivity contribution in [1.82, 2.24) is 0 Å². The molecule has 0 bridgehead atoms. The van der Waals surface area contributed by atoms with Crippen molar-refractivity contribution in [3.05, 3.63) is 34.9 Å². The fraction of sp³-hybridized carbons (Fsp3) is 0.308. The average Bonchev–Trinajstić information content (AvgIpc) is 2.22. The van der Waals surface area contributed by atoms with Gasteiger partial charge in [0.15, 0.2) is 0 Å². The number of rotatable bonds is 3. The summed E-state index contributed by atoms with van der Waals surface area (Å²) in [6.07, 6.45) is 5.40. The maximum absolute atomic E-state index is 11.5. The van der Waals surface area contributed by atoms with Crippen LogP contribution in [0, 0.1) is 26.2 Å². The highest BCUT2D eigenvalue weighted by molar-refractivity contribution is 14.1. The summed E-state index contributed by atoms with van der Waals surface area (Å²) >= 11 is 1.90. The summed E-state index contributed by atoms with van der Waals surface area (Å²) in [5.41, 5.74) is 3.27. The quantitative estimate of drug-likeness (QED) is 0.369. The lowest BCUT2D eigenvalue weighted by atomic mass is 10.0. The third-order valence-electron chi connectivity index (χ3n) is 2.20. The standard InChI is InChI=1S/C13H13IO2/c1-4-12(14)16-13(15)8-11-6-5-9(2)7-10(11)3/h1,5-7,12H,8H2,2-3H3. The third-order valence-corrected chi connectivity index (χ3v) is 2.81. The van der Waals surface area contributed by atoms with Crippen LogP contribution >= 0.6 is 22.6 Å². The molecule has 16 heavy (non-hydrogen) atoms. The number of benzene rings is 1. The maximum atomic E-state index is 11.5. The predicted octanol–water partition coefficient (Wildman–Crippen LogP) is 2.78. The molecule has 3 heteroatoms. The van der Waals surface area contributed by atoms with Crippen molar-refractivity contribution >= 4 is 28.6 Å². The topological polar surface area (TPSA) is 26.3 Å². The molecule has 1 aromatic rings. The molecule has 1 rings (SSSR count). The Morgan fingerprint density at radius 2 is 2.25 bits per heavy atom. The molecule has 0 spiro atoms. The van der Waals surface area contributed by atoms with Gasteiger partial charge in [0.25, 0.3) is 0 Å². The van der Waals surface area contributed by atoms with E-state index in [1.807, 2.05) is 54.6 Å². The number of carbonyl (C=O) groups excluding carboxylic acids is 1. The van der Waals surface area contributed by atoms with Gasteiger partial charge in [0, 0.05) is 0 Å². The zero-order valence-corrected chi connectivity index (χ0v) is 11.4. The third kappa shape index (κ3) is 3.86. The van der Waals surface area contributed by atoms with E-state index in [0.717, 1.165) is 11.1 Å². The molecule has 0 aromatic heterocycles. The first-order chi connectivity index (χ1) is 7.52. The van der Waals surface area contributed by atoms with Gasteiger partial charge in [-0.2, -0.15) is 0 Å². The Hall–Kier alpha value is -1.02. The van der Waals surface area contributed by atoms with E-state index in [2.05, 4.69) is 5.92 Å². The molecule has 1 unspecified atom stereocenters. The van der Waals surface area contributed by atoms with Crippen LogP contribution in [0.15, 0.2) is 18.2 Å². The molecule has 0 amide bonds. The number of alkyl halides is 1. The number of terminal acetylenes is 1. The van der Waals surface area contributed by atoms with Crippen molar-refractivity contribution < 1.29 is 9.53 Å². The van der Waals surface area contributed by atoms with Crippen LogP contribution in [0.1, 0.15) is 16.7 Å². The van der Waals surface area contributed by atoms with Gasteiger partial charge in [0.1, 0.15) is 0 Å². The normalized spacial score (nSPS) is 11.6. The minimum Gasteiger partial charge on any atom is -0.439 e. The highest BCUT2D eigenvalue weighted by atomic mass is 127. The Morgan fingerprint density at radius 1 is 1.56 bits per heavy atom. The second-order valence-electron chi connectivity index (χ2n) is 3.58. The number of hydrogen-bond acceptors (Lipinski definition) is 2. The van der Waals surface area contributed by atoms with Crippen LogP contribution in [0.2, 0.25) is 0 Å². The fourth-order valence-electron chi connectivity index (χ4n) is 1.39. The summed E-state index contributed by atoms with van der Waals surface area (Å²) in [5, 5.41) is 0. The summed E-state index contributed by atoms with van der Waals surface area (Å²) < 4.78 is 4.51. The summed E-state index contributed by atoms with van der Waals surface area (Å²) in [6, 6.07) is 5.98. The van der Waals surface area contributed by atoms with Crippen molar-refractivity contribution in [2.75, 3.05) is 0 Å². The predicted molar refractivity (Wildman–Crippen MR) is 72.4 cm³/mol. The van der Waals surface area contributed by atoms with E-state index in [4.69, 9.17) is 11.2 Å². The van der Waals surface area contributed by atoms with E-state index in [9.17, 15) is 4.79 Å². The Morgan fingerprint density at radius 3 is 2.81 bits per heavy atom. The molecule has 0 N–H and O–H groups in total. The molecule has 0 fully saturated rings. The average molecular weight is 328 g/mol. The second-order valence-corrected chi connectivity index (χ2v) is 4.71. The van der Waals surface area contributed by atoms with Gasteiger partial charge in [-0.25, -0.2) is 0 Å². The van der Waals surface area contributed by atoms with Gasteiger partial charge >= 0.3 is 5.97 Å². The molecule has 1 atom stereocenters. The zero-order chi connectivity index (χ0) is 12.1. The lowest BCUT2D eigenvalue weighted by Crippen LogP contribution is -2.13. The van der Waals surface area contributed by atoms with Crippen molar-refractivity contribution in [2.45, 2.75) is 24.4 Å². The molecule has 0 aliphatic rings. The molecular formula is C13H13IO2. The molecular weight excluding hydrogens is 315 g/mol. The summed E-state index contributed by atoms with van der Waals surface area (Å²) in [7, 11) is 0. The van der Waals surface area contributed by atoms with Crippen LogP contribution < -0.4 is 0 Å². The lowest BCUT2D eigenvalue weighted by Gasteiger charge is -2.08. The first-order valence-electron chi connectivity index (χ1n) is 4.88. The van der Waals surface area contributed by atoms with E-state index in [0.29, 0.717) is 0 Å². The van der Waals surface area contributed by atoms with Crippen molar-refractivity contribution in [1.29, 1.82) is 0 Å². The number of aryl methyl sites for hydroxylation is 2. The van der Waals surface area contributed by atoms with E-state index >= 15 is 0 Å². The lowest BCUT2D eigenvalue weighted by molar-refractivity contribution is -0.142. The van der Waals surface area contributed by atoms with Gasteiger partial charge in [-0.15, -0.1) is 6.42 Å².